The summed E-state index contributed by atoms with van der Waals surface area (Å²) in [6, 6.07) is 21.3. The maximum atomic E-state index is 14.0. The zero-order valence-electron chi connectivity index (χ0n) is 19.1. The smallest absolute Gasteiger partial charge is 0.259 e. The molecule has 2 amide bonds. The number of amides is 2. The maximum absolute atomic E-state index is 14.0. The Morgan fingerprint density at radius 3 is 2.44 bits per heavy atom. The van der Waals surface area contributed by atoms with E-state index in [-0.39, 0.29) is 30.7 Å². The maximum Gasteiger partial charge on any atom is 0.259 e. The fraction of sp³-hybridized carbons (Fsp3) is 0.185. The first-order valence-electron chi connectivity index (χ1n) is 11.0. The Morgan fingerprint density at radius 1 is 1.00 bits per heavy atom. The molecule has 0 fully saturated rings. The van der Waals surface area contributed by atoms with Crippen LogP contribution in [-0.4, -0.2) is 42.4 Å². The van der Waals surface area contributed by atoms with Crippen molar-refractivity contribution in [3.05, 3.63) is 84.2 Å². The number of nitrogens with one attached hydrogen (secondary N) is 2. The van der Waals surface area contributed by atoms with Crippen LogP contribution in [0.3, 0.4) is 0 Å². The summed E-state index contributed by atoms with van der Waals surface area (Å²) in [5.41, 5.74) is 4.24. The number of aromatic amines is 1. The first-order valence-corrected chi connectivity index (χ1v) is 11.0. The number of likely N-dealkylation sites (N-methyl/N-ethyl adjacent to an activating group) is 1. The second kappa shape index (κ2) is 10.2. The van der Waals surface area contributed by atoms with Crippen LogP contribution >= 0.6 is 0 Å². The molecule has 0 saturated carbocycles. The van der Waals surface area contributed by atoms with E-state index in [9.17, 15) is 14.0 Å². The number of H-pyrrole nitrogens is 1. The molecule has 0 aliphatic heterocycles. The number of fused-ring (bicyclic) bond motifs is 1. The quantitative estimate of drug-likeness (QED) is 0.389. The summed E-state index contributed by atoms with van der Waals surface area (Å²) in [5, 5.41) is 3.66. The molecule has 0 unspecified atom stereocenters. The molecule has 0 aliphatic carbocycles. The van der Waals surface area contributed by atoms with Crippen molar-refractivity contribution in [3.63, 3.8) is 0 Å². The van der Waals surface area contributed by atoms with Gasteiger partial charge in [-0.2, -0.15) is 0 Å². The highest BCUT2D eigenvalue weighted by molar-refractivity contribution is 5.94. The molecule has 0 atom stereocenters. The van der Waals surface area contributed by atoms with Gasteiger partial charge < -0.3 is 19.9 Å². The molecular weight excluding hydrogens is 433 g/mol. The average Bonchev–Trinajstić information content (AvgIpc) is 3.20. The fourth-order valence-corrected chi connectivity index (χ4v) is 3.70. The number of hydrogen-bond donors (Lipinski definition) is 2. The lowest BCUT2D eigenvalue weighted by Gasteiger charge is -2.12. The largest absolute Gasteiger partial charge is 0.484 e. The summed E-state index contributed by atoms with van der Waals surface area (Å²) in [4.78, 5) is 29.1. The number of rotatable bonds is 8. The molecule has 0 bridgehead atoms. The molecule has 3 aromatic carbocycles. The van der Waals surface area contributed by atoms with Crippen molar-refractivity contribution in [2.75, 3.05) is 26.0 Å². The topological polar surface area (TPSA) is 74.4 Å². The molecular formula is C27H26FN3O3. The predicted molar refractivity (Wildman–Crippen MR) is 131 cm³/mol. The molecule has 1 aromatic heterocycles. The standard InChI is InChI=1S/C27H26FN3O3/c1-31(2)26(33)17-34-21-11-9-20(10-12-21)29-25(32)15-13-22-23-16-19(28)8-14-24(23)30-27(22)18-6-4-3-5-7-18/h3-12,14,16,30H,13,15,17H2,1-2H3,(H,29,32). The summed E-state index contributed by atoms with van der Waals surface area (Å²) >= 11 is 0. The Kier molecular flexibility index (Phi) is 6.92. The monoisotopic (exact) mass is 459 g/mol. The zero-order valence-corrected chi connectivity index (χ0v) is 19.1. The van der Waals surface area contributed by atoms with Gasteiger partial charge in [0.2, 0.25) is 5.91 Å². The SMILES string of the molecule is CN(C)C(=O)COc1ccc(NC(=O)CCc2c(-c3ccccc3)[nH]c3ccc(F)cc23)cc1. The van der Waals surface area contributed by atoms with E-state index in [0.717, 1.165) is 27.7 Å². The lowest BCUT2D eigenvalue weighted by atomic mass is 10.0. The lowest BCUT2D eigenvalue weighted by molar-refractivity contribution is -0.130. The molecule has 7 heteroatoms. The van der Waals surface area contributed by atoms with Gasteiger partial charge in [0.1, 0.15) is 11.6 Å². The Labute approximate surface area is 197 Å². The van der Waals surface area contributed by atoms with Gasteiger partial charge in [-0.1, -0.05) is 30.3 Å². The molecule has 1 heterocycles. The van der Waals surface area contributed by atoms with E-state index in [1.807, 2.05) is 30.3 Å². The highest BCUT2D eigenvalue weighted by atomic mass is 19.1. The summed E-state index contributed by atoms with van der Waals surface area (Å²) in [6.45, 7) is -0.0479. The number of carbonyl (C=O) groups excluding carboxylic acids is 2. The van der Waals surface area contributed by atoms with Crippen molar-refractivity contribution < 1.29 is 18.7 Å². The number of benzene rings is 3. The van der Waals surface area contributed by atoms with Crippen molar-refractivity contribution in [3.8, 4) is 17.0 Å². The third-order valence-electron chi connectivity index (χ3n) is 5.53. The second-order valence-corrected chi connectivity index (χ2v) is 8.18. The number of halogens is 1. The predicted octanol–water partition coefficient (Wildman–Crippen LogP) is 5.01. The van der Waals surface area contributed by atoms with E-state index in [2.05, 4.69) is 10.3 Å². The van der Waals surface area contributed by atoms with Gasteiger partial charge in [0.15, 0.2) is 6.61 Å². The summed E-state index contributed by atoms with van der Waals surface area (Å²) in [5.74, 6) is -0.0569. The van der Waals surface area contributed by atoms with Gasteiger partial charge in [-0.15, -0.1) is 0 Å². The van der Waals surface area contributed by atoms with E-state index in [0.29, 0.717) is 17.9 Å². The summed E-state index contributed by atoms with van der Waals surface area (Å²) in [7, 11) is 3.33. The molecule has 0 radical (unpaired) electrons. The van der Waals surface area contributed by atoms with Crippen molar-refractivity contribution in [1.29, 1.82) is 0 Å². The number of anilines is 1. The van der Waals surface area contributed by atoms with Crippen molar-refractivity contribution >= 4 is 28.4 Å². The van der Waals surface area contributed by atoms with Gasteiger partial charge in [0.05, 0.1) is 0 Å². The third kappa shape index (κ3) is 5.43. The van der Waals surface area contributed by atoms with Gasteiger partial charge in [-0.25, -0.2) is 4.39 Å². The minimum atomic E-state index is -0.314. The van der Waals surface area contributed by atoms with Crippen LogP contribution in [0.1, 0.15) is 12.0 Å². The van der Waals surface area contributed by atoms with Crippen LogP contribution in [0, 0.1) is 5.82 Å². The Hall–Kier alpha value is -4.13. The zero-order chi connectivity index (χ0) is 24.1. The van der Waals surface area contributed by atoms with Gasteiger partial charge in [-0.3, -0.25) is 9.59 Å². The summed E-state index contributed by atoms with van der Waals surface area (Å²) in [6.07, 6.45) is 0.687. The molecule has 6 nitrogen and oxygen atoms in total. The number of carbonyl (C=O) groups is 2. The van der Waals surface area contributed by atoms with E-state index < -0.39 is 0 Å². The minimum Gasteiger partial charge on any atom is -0.484 e. The van der Waals surface area contributed by atoms with Crippen LogP contribution in [0.2, 0.25) is 0 Å². The first kappa shape index (κ1) is 23.0. The molecule has 34 heavy (non-hydrogen) atoms. The average molecular weight is 460 g/mol. The van der Waals surface area contributed by atoms with Gasteiger partial charge in [0.25, 0.3) is 5.91 Å². The molecule has 2 N–H and O–H groups in total. The third-order valence-corrected chi connectivity index (χ3v) is 5.53. The van der Waals surface area contributed by atoms with Gasteiger partial charge in [0, 0.05) is 42.8 Å². The van der Waals surface area contributed by atoms with Gasteiger partial charge in [-0.05, 0) is 60.0 Å². The molecule has 4 aromatic rings. The lowest BCUT2D eigenvalue weighted by Crippen LogP contribution is -2.27. The van der Waals surface area contributed by atoms with E-state index >= 15 is 0 Å². The van der Waals surface area contributed by atoms with Crippen molar-refractivity contribution in [2.24, 2.45) is 0 Å². The second-order valence-electron chi connectivity index (χ2n) is 8.18. The van der Waals surface area contributed by atoms with E-state index in [1.165, 1.54) is 17.0 Å². The van der Waals surface area contributed by atoms with Crippen LogP contribution in [-0.2, 0) is 16.0 Å². The summed E-state index contributed by atoms with van der Waals surface area (Å²) < 4.78 is 19.4. The van der Waals surface area contributed by atoms with Crippen LogP contribution < -0.4 is 10.1 Å². The van der Waals surface area contributed by atoms with E-state index in [1.54, 1.807) is 44.4 Å². The minimum absolute atomic E-state index is 0.0479. The molecule has 0 saturated heterocycles. The molecule has 4 rings (SSSR count). The van der Waals surface area contributed by atoms with E-state index in [4.69, 9.17) is 4.74 Å². The molecule has 0 aliphatic rings. The Morgan fingerprint density at radius 2 is 1.74 bits per heavy atom. The van der Waals surface area contributed by atoms with Crippen LogP contribution in [0.15, 0.2) is 72.8 Å². The van der Waals surface area contributed by atoms with Crippen LogP contribution in [0.5, 0.6) is 5.75 Å². The molecule has 174 valence electrons. The number of hydrogen-bond acceptors (Lipinski definition) is 3. The van der Waals surface area contributed by atoms with Crippen molar-refractivity contribution in [2.45, 2.75) is 12.8 Å². The number of ether oxygens (including phenoxy) is 1. The normalized spacial score (nSPS) is 10.8. The highest BCUT2D eigenvalue weighted by Gasteiger charge is 2.15. The van der Waals surface area contributed by atoms with Crippen LogP contribution in [0.4, 0.5) is 10.1 Å². The number of nitrogens with zero attached hydrogens (tertiary/aromatic N) is 1. The Bertz CT molecular complexity index is 1300. The van der Waals surface area contributed by atoms with Crippen LogP contribution in [0.25, 0.3) is 22.2 Å². The Balaban J connectivity index is 1.43. The molecule has 0 spiro atoms. The van der Waals surface area contributed by atoms with Gasteiger partial charge >= 0.3 is 0 Å². The fourth-order valence-electron chi connectivity index (χ4n) is 3.70. The number of aromatic nitrogens is 1. The first-order chi connectivity index (χ1) is 16.4. The number of aryl methyl sites for hydroxylation is 1. The van der Waals surface area contributed by atoms with Crippen molar-refractivity contribution in [1.82, 2.24) is 9.88 Å². The highest BCUT2D eigenvalue weighted by Crippen LogP contribution is 2.32.